The lowest BCUT2D eigenvalue weighted by molar-refractivity contribution is -0.176. The van der Waals surface area contributed by atoms with Crippen molar-refractivity contribution in [2.75, 3.05) is 0 Å². The molecule has 0 spiro atoms. The molecule has 0 aliphatic heterocycles. The van der Waals surface area contributed by atoms with E-state index < -0.39 is 0 Å². The van der Waals surface area contributed by atoms with E-state index in [1.54, 1.807) is 24.3 Å². The topological polar surface area (TPSA) is 52.6 Å². The molecule has 0 aromatic heterocycles. The van der Waals surface area contributed by atoms with Gasteiger partial charge < -0.3 is 9.47 Å². The minimum Gasteiger partial charge on any atom is -0.455 e. The Labute approximate surface area is 182 Å². The molecular weight excluding hydrogens is 388 g/mol. The van der Waals surface area contributed by atoms with Crippen LogP contribution in [0.2, 0.25) is 0 Å². The zero-order valence-electron chi connectivity index (χ0n) is 17.6. The van der Waals surface area contributed by atoms with E-state index in [1.807, 2.05) is 36.4 Å². The molecule has 31 heavy (non-hydrogen) atoms. The Morgan fingerprint density at radius 2 is 1.03 bits per heavy atom. The van der Waals surface area contributed by atoms with Gasteiger partial charge in [0.15, 0.2) is 0 Å². The van der Waals surface area contributed by atoms with Gasteiger partial charge in [0.2, 0.25) is 0 Å². The minimum atomic E-state index is -0.347. The first-order chi connectivity index (χ1) is 15.2. The van der Waals surface area contributed by atoms with Crippen LogP contribution < -0.4 is 0 Å². The molecule has 7 rings (SSSR count). The van der Waals surface area contributed by atoms with Crippen molar-refractivity contribution in [2.24, 2.45) is 35.5 Å². The van der Waals surface area contributed by atoms with E-state index in [2.05, 4.69) is 0 Å². The van der Waals surface area contributed by atoms with Crippen molar-refractivity contribution in [3.05, 3.63) is 71.8 Å². The fourth-order valence-corrected chi connectivity index (χ4v) is 7.51. The summed E-state index contributed by atoms with van der Waals surface area (Å²) in [4.78, 5) is 26.0. The van der Waals surface area contributed by atoms with Gasteiger partial charge in [0.05, 0.1) is 11.1 Å². The van der Waals surface area contributed by atoms with Crippen LogP contribution in [0.1, 0.15) is 52.8 Å². The number of esters is 2. The Bertz CT molecular complexity index is 892. The van der Waals surface area contributed by atoms with Crippen LogP contribution in [-0.4, -0.2) is 24.1 Å². The predicted octanol–water partition coefficient (Wildman–Crippen LogP) is 5.14. The largest absolute Gasteiger partial charge is 0.455 e. The van der Waals surface area contributed by atoms with Gasteiger partial charge in [-0.2, -0.15) is 0 Å². The molecule has 0 heterocycles. The van der Waals surface area contributed by atoms with E-state index in [1.165, 1.54) is 19.3 Å². The zero-order valence-corrected chi connectivity index (χ0v) is 17.6. The number of fused-ring (bicyclic) bond motifs is 4. The zero-order chi connectivity index (χ0) is 20.9. The summed E-state index contributed by atoms with van der Waals surface area (Å²) in [5.41, 5.74) is 1.11. The van der Waals surface area contributed by atoms with Crippen LogP contribution >= 0.6 is 0 Å². The quantitative estimate of drug-likeness (QED) is 0.648. The molecule has 160 valence electrons. The molecule has 4 bridgehead atoms. The van der Waals surface area contributed by atoms with Crippen molar-refractivity contribution in [1.29, 1.82) is 0 Å². The highest BCUT2D eigenvalue weighted by atomic mass is 16.6. The van der Waals surface area contributed by atoms with Crippen LogP contribution in [0, 0.1) is 35.5 Å². The molecule has 2 aromatic rings. The highest BCUT2D eigenvalue weighted by Gasteiger charge is 2.64. The number of ether oxygens (including phenoxy) is 2. The summed E-state index contributed by atoms with van der Waals surface area (Å²) in [6, 6.07) is 18.3. The molecule has 0 amide bonds. The van der Waals surface area contributed by atoms with Gasteiger partial charge in [-0.25, -0.2) is 9.59 Å². The number of carbonyl (C=O) groups is 2. The fraction of sp³-hybridized carbons (Fsp3) is 0.481. The molecule has 5 saturated carbocycles. The van der Waals surface area contributed by atoms with Gasteiger partial charge in [-0.1, -0.05) is 36.4 Å². The van der Waals surface area contributed by atoms with Crippen molar-refractivity contribution < 1.29 is 19.1 Å². The normalized spacial score (nSPS) is 37.3. The summed E-state index contributed by atoms with van der Waals surface area (Å²) in [6.45, 7) is 0. The standard InChI is InChI=1S/C27H28O4/c28-26(16-7-3-1-4-8-16)30-24-20-13-14-21(23-19-12-11-18(15-19)22(20)23)25(24)31-27(29)17-9-5-2-6-10-17/h1-10,18-25H,11-15H2. The lowest BCUT2D eigenvalue weighted by atomic mass is 9.52. The predicted molar refractivity (Wildman–Crippen MR) is 115 cm³/mol. The Balaban J connectivity index is 1.31. The Kier molecular flexibility index (Phi) is 4.62. The Hall–Kier alpha value is -2.62. The fourth-order valence-electron chi connectivity index (χ4n) is 7.51. The molecule has 4 nitrogen and oxygen atoms in total. The maximum Gasteiger partial charge on any atom is 0.338 e. The smallest absolute Gasteiger partial charge is 0.338 e. The summed E-state index contributed by atoms with van der Waals surface area (Å²) in [7, 11) is 0. The van der Waals surface area contributed by atoms with Crippen molar-refractivity contribution in [3.8, 4) is 0 Å². The Morgan fingerprint density at radius 3 is 1.45 bits per heavy atom. The summed E-state index contributed by atoms with van der Waals surface area (Å²) in [6.07, 6.45) is 5.37. The van der Waals surface area contributed by atoms with Crippen molar-refractivity contribution in [3.63, 3.8) is 0 Å². The molecular formula is C27H28O4. The number of carbonyl (C=O) groups excluding carboxylic acids is 2. The third-order valence-corrected chi connectivity index (χ3v) is 8.54. The number of hydrogen-bond donors (Lipinski definition) is 0. The molecule has 0 saturated heterocycles. The van der Waals surface area contributed by atoms with Gasteiger partial charge in [-0.05, 0) is 80.0 Å². The van der Waals surface area contributed by atoms with E-state index in [9.17, 15) is 9.59 Å². The van der Waals surface area contributed by atoms with Crippen LogP contribution in [0.15, 0.2) is 60.7 Å². The van der Waals surface area contributed by atoms with Gasteiger partial charge in [-0.15, -0.1) is 0 Å². The average molecular weight is 417 g/mol. The van der Waals surface area contributed by atoms with Gasteiger partial charge in [0.1, 0.15) is 12.2 Å². The lowest BCUT2D eigenvalue weighted by Crippen LogP contribution is -2.60. The monoisotopic (exact) mass is 416 g/mol. The average Bonchev–Trinajstić information content (AvgIpc) is 3.45. The molecule has 5 fully saturated rings. The third kappa shape index (κ3) is 3.10. The van der Waals surface area contributed by atoms with Crippen LogP contribution in [0.25, 0.3) is 0 Å². The van der Waals surface area contributed by atoms with E-state index >= 15 is 0 Å². The van der Waals surface area contributed by atoms with E-state index in [0.29, 0.717) is 34.8 Å². The summed E-state index contributed by atoms with van der Waals surface area (Å²) in [5.74, 6) is 2.74. The van der Waals surface area contributed by atoms with E-state index in [4.69, 9.17) is 9.47 Å². The van der Waals surface area contributed by atoms with Gasteiger partial charge in [-0.3, -0.25) is 0 Å². The first-order valence-corrected chi connectivity index (χ1v) is 11.7. The van der Waals surface area contributed by atoms with Crippen molar-refractivity contribution >= 4 is 11.9 Å². The second-order valence-corrected chi connectivity index (χ2v) is 9.86. The third-order valence-electron chi connectivity index (χ3n) is 8.54. The molecule has 2 aromatic carbocycles. The molecule has 8 unspecified atom stereocenters. The molecule has 4 heteroatoms. The van der Waals surface area contributed by atoms with E-state index in [-0.39, 0.29) is 24.1 Å². The molecule has 0 N–H and O–H groups in total. The summed E-state index contributed by atoms with van der Waals surface area (Å²) >= 11 is 0. The van der Waals surface area contributed by atoms with Crippen molar-refractivity contribution in [1.82, 2.24) is 0 Å². The number of rotatable bonds is 4. The Morgan fingerprint density at radius 1 is 0.613 bits per heavy atom. The second kappa shape index (κ2) is 7.51. The number of benzene rings is 2. The van der Waals surface area contributed by atoms with Gasteiger partial charge in [0, 0.05) is 11.8 Å². The summed E-state index contributed by atoms with van der Waals surface area (Å²) in [5, 5.41) is 0. The highest BCUT2D eigenvalue weighted by molar-refractivity contribution is 5.90. The maximum atomic E-state index is 13.0. The van der Waals surface area contributed by atoms with Crippen LogP contribution in [0.4, 0.5) is 0 Å². The minimum absolute atomic E-state index is 0.298. The lowest BCUT2D eigenvalue weighted by Gasteiger charge is -2.56. The first kappa shape index (κ1) is 19.1. The maximum absolute atomic E-state index is 13.0. The highest BCUT2D eigenvalue weighted by Crippen LogP contribution is 2.65. The van der Waals surface area contributed by atoms with Crippen LogP contribution in [0.5, 0.6) is 0 Å². The SMILES string of the molecule is O=C(OC1C2CCC(C1OC(=O)c1ccccc1)C1C3CCC(C3)C21)c1ccccc1. The molecule has 8 atom stereocenters. The molecule has 5 aliphatic carbocycles. The second-order valence-electron chi connectivity index (χ2n) is 9.86. The van der Waals surface area contributed by atoms with Crippen LogP contribution in [0.3, 0.4) is 0 Å². The van der Waals surface area contributed by atoms with Gasteiger partial charge >= 0.3 is 11.9 Å². The van der Waals surface area contributed by atoms with Crippen molar-refractivity contribution in [2.45, 2.75) is 44.3 Å². The summed E-state index contributed by atoms with van der Waals surface area (Å²) < 4.78 is 12.3. The first-order valence-electron chi connectivity index (χ1n) is 11.7. The van der Waals surface area contributed by atoms with Gasteiger partial charge in [0.25, 0.3) is 0 Å². The number of hydrogen-bond acceptors (Lipinski definition) is 4. The molecule has 5 aliphatic rings. The van der Waals surface area contributed by atoms with E-state index in [0.717, 1.165) is 24.7 Å². The molecule has 0 radical (unpaired) electrons. The van der Waals surface area contributed by atoms with Crippen LogP contribution in [-0.2, 0) is 9.47 Å².